The Morgan fingerprint density at radius 2 is 1.70 bits per heavy atom. The second-order valence-electron chi connectivity index (χ2n) is 8.95. The number of aliphatic hydroxyl groups is 1. The number of aliphatic hydroxyl groups excluding tert-OH is 1. The number of rotatable bonds is 8. The third-order valence-electron chi connectivity index (χ3n) is 5.90. The van der Waals surface area contributed by atoms with Crippen molar-refractivity contribution in [3.8, 4) is 11.5 Å². The summed E-state index contributed by atoms with van der Waals surface area (Å²) in [7, 11) is 1.50. The molecule has 0 aromatic heterocycles. The van der Waals surface area contributed by atoms with Gasteiger partial charge >= 0.3 is 0 Å². The molecule has 1 aliphatic rings. The van der Waals surface area contributed by atoms with Crippen molar-refractivity contribution in [2.45, 2.75) is 19.9 Å². The molecule has 1 heterocycles. The molecule has 3 aromatic rings. The largest absolute Gasteiger partial charge is 0.507 e. The highest BCUT2D eigenvalue weighted by Crippen LogP contribution is 2.43. The molecular weight excluding hydrogens is 476 g/mol. The molecule has 190 valence electrons. The van der Waals surface area contributed by atoms with E-state index in [0.29, 0.717) is 35.3 Å². The number of amides is 1. The summed E-state index contributed by atoms with van der Waals surface area (Å²) in [5, 5.41) is 22.2. The molecule has 1 saturated heterocycles. The summed E-state index contributed by atoms with van der Waals surface area (Å²) in [5.74, 6) is -0.643. The lowest BCUT2D eigenvalue weighted by molar-refractivity contribution is -0.384. The van der Waals surface area contributed by atoms with Gasteiger partial charge in [0, 0.05) is 23.4 Å². The maximum Gasteiger partial charge on any atom is 0.300 e. The van der Waals surface area contributed by atoms with Gasteiger partial charge in [-0.05, 0) is 60.0 Å². The minimum atomic E-state index is -0.965. The van der Waals surface area contributed by atoms with Gasteiger partial charge in [0.15, 0.2) is 0 Å². The molecule has 1 atom stereocenters. The second kappa shape index (κ2) is 10.5. The van der Waals surface area contributed by atoms with Crippen LogP contribution in [0.4, 0.5) is 11.4 Å². The van der Waals surface area contributed by atoms with Crippen molar-refractivity contribution in [1.82, 2.24) is 0 Å². The highest BCUT2D eigenvalue weighted by atomic mass is 16.6. The lowest BCUT2D eigenvalue weighted by Crippen LogP contribution is -2.29. The Morgan fingerprint density at radius 3 is 2.30 bits per heavy atom. The SMILES string of the molecule is COc1cccc(C2/C(=C(/O)c3ccc([N+](=O)[O-])cc3)C(=O)C(=O)N2c2ccc(OCC(C)C)cc2)c1. The van der Waals surface area contributed by atoms with Crippen LogP contribution in [0.5, 0.6) is 11.5 Å². The van der Waals surface area contributed by atoms with Crippen LogP contribution < -0.4 is 14.4 Å². The number of methoxy groups -OCH3 is 1. The Morgan fingerprint density at radius 1 is 1.03 bits per heavy atom. The first-order chi connectivity index (χ1) is 17.7. The van der Waals surface area contributed by atoms with Crippen molar-refractivity contribution in [3.63, 3.8) is 0 Å². The van der Waals surface area contributed by atoms with Gasteiger partial charge in [0.25, 0.3) is 17.4 Å². The van der Waals surface area contributed by atoms with Crippen molar-refractivity contribution in [2.24, 2.45) is 5.92 Å². The van der Waals surface area contributed by atoms with E-state index < -0.39 is 28.4 Å². The molecule has 0 spiro atoms. The first kappa shape index (κ1) is 25.4. The minimum absolute atomic E-state index is 0.132. The van der Waals surface area contributed by atoms with E-state index in [1.165, 1.54) is 36.3 Å². The van der Waals surface area contributed by atoms with Crippen molar-refractivity contribution >= 4 is 28.8 Å². The molecular formula is C28H26N2O7. The van der Waals surface area contributed by atoms with Crippen molar-refractivity contribution < 1.29 is 29.1 Å². The van der Waals surface area contributed by atoms with Gasteiger partial charge in [0.1, 0.15) is 17.3 Å². The Hall–Kier alpha value is -4.66. The number of hydrogen-bond acceptors (Lipinski definition) is 7. The van der Waals surface area contributed by atoms with Crippen LogP contribution in [0.2, 0.25) is 0 Å². The molecule has 4 rings (SSSR count). The average molecular weight is 503 g/mol. The number of hydrogen-bond donors (Lipinski definition) is 1. The summed E-state index contributed by atoms with van der Waals surface area (Å²) in [6.45, 7) is 4.60. The van der Waals surface area contributed by atoms with E-state index in [-0.39, 0.29) is 16.8 Å². The average Bonchev–Trinajstić information content (AvgIpc) is 3.17. The summed E-state index contributed by atoms with van der Waals surface area (Å²) in [6.07, 6.45) is 0. The molecule has 9 nitrogen and oxygen atoms in total. The number of ketones is 1. The van der Waals surface area contributed by atoms with E-state index >= 15 is 0 Å². The number of carbonyl (C=O) groups is 2. The number of nitro benzene ring substituents is 1. The van der Waals surface area contributed by atoms with Gasteiger partial charge in [-0.25, -0.2) is 0 Å². The number of non-ortho nitro benzene ring substituents is 1. The maximum absolute atomic E-state index is 13.3. The van der Waals surface area contributed by atoms with Gasteiger partial charge in [-0.15, -0.1) is 0 Å². The Labute approximate surface area is 213 Å². The van der Waals surface area contributed by atoms with Gasteiger partial charge < -0.3 is 14.6 Å². The van der Waals surface area contributed by atoms with Gasteiger partial charge in [0.05, 0.1) is 30.3 Å². The topological polar surface area (TPSA) is 119 Å². The molecule has 0 bridgehead atoms. The fourth-order valence-corrected chi connectivity index (χ4v) is 4.09. The van der Waals surface area contributed by atoms with Gasteiger partial charge in [0.2, 0.25) is 0 Å². The van der Waals surface area contributed by atoms with Crippen LogP contribution in [-0.4, -0.2) is 35.4 Å². The predicted octanol–water partition coefficient (Wildman–Crippen LogP) is 5.26. The zero-order valence-electron chi connectivity index (χ0n) is 20.6. The van der Waals surface area contributed by atoms with Crippen LogP contribution in [0, 0.1) is 16.0 Å². The minimum Gasteiger partial charge on any atom is -0.507 e. The van der Waals surface area contributed by atoms with E-state index in [0.717, 1.165) is 0 Å². The smallest absolute Gasteiger partial charge is 0.300 e. The van der Waals surface area contributed by atoms with Crippen molar-refractivity contribution in [1.29, 1.82) is 0 Å². The summed E-state index contributed by atoms with van der Waals surface area (Å²) in [4.78, 5) is 38.4. The van der Waals surface area contributed by atoms with Crippen LogP contribution in [-0.2, 0) is 9.59 Å². The molecule has 1 unspecified atom stereocenters. The van der Waals surface area contributed by atoms with Crippen molar-refractivity contribution in [2.75, 3.05) is 18.6 Å². The highest BCUT2D eigenvalue weighted by molar-refractivity contribution is 6.51. The highest BCUT2D eigenvalue weighted by Gasteiger charge is 2.47. The predicted molar refractivity (Wildman–Crippen MR) is 138 cm³/mol. The quantitative estimate of drug-likeness (QED) is 0.147. The van der Waals surface area contributed by atoms with Gasteiger partial charge in [-0.1, -0.05) is 26.0 Å². The lowest BCUT2D eigenvalue weighted by atomic mass is 9.95. The fraction of sp³-hybridized carbons (Fsp3) is 0.214. The Bertz CT molecular complexity index is 1360. The summed E-state index contributed by atoms with van der Waals surface area (Å²) in [5.41, 5.74) is 0.860. The van der Waals surface area contributed by atoms with Crippen LogP contribution in [0.1, 0.15) is 31.0 Å². The zero-order chi connectivity index (χ0) is 26.7. The molecule has 1 aliphatic heterocycles. The first-order valence-corrected chi connectivity index (χ1v) is 11.6. The standard InChI is InChI=1S/C28H26N2O7/c1-17(2)16-37-22-13-11-20(12-14-22)29-25(19-5-4-6-23(15-19)36-3)24(27(32)28(29)33)26(31)18-7-9-21(10-8-18)30(34)35/h4-15,17,25,31H,16H2,1-3H3/b26-24-. The number of nitro groups is 1. The summed E-state index contributed by atoms with van der Waals surface area (Å²) < 4.78 is 11.1. The monoisotopic (exact) mass is 502 g/mol. The maximum atomic E-state index is 13.3. The summed E-state index contributed by atoms with van der Waals surface area (Å²) >= 11 is 0. The van der Waals surface area contributed by atoms with E-state index in [4.69, 9.17) is 9.47 Å². The third kappa shape index (κ3) is 5.16. The number of anilines is 1. The third-order valence-corrected chi connectivity index (χ3v) is 5.90. The zero-order valence-corrected chi connectivity index (χ0v) is 20.6. The number of ether oxygens (including phenoxy) is 2. The molecule has 0 radical (unpaired) electrons. The normalized spacial score (nSPS) is 16.8. The molecule has 1 fully saturated rings. The lowest BCUT2D eigenvalue weighted by Gasteiger charge is -2.26. The van der Waals surface area contributed by atoms with Crippen molar-refractivity contribution in [3.05, 3.63) is 99.6 Å². The number of carbonyl (C=O) groups excluding carboxylic acids is 2. The second-order valence-corrected chi connectivity index (χ2v) is 8.95. The van der Waals surface area contributed by atoms with Crippen LogP contribution >= 0.6 is 0 Å². The fourth-order valence-electron chi connectivity index (χ4n) is 4.09. The van der Waals surface area contributed by atoms with Gasteiger partial charge in [-0.3, -0.25) is 24.6 Å². The molecule has 1 amide bonds. The van der Waals surface area contributed by atoms with Gasteiger partial charge in [-0.2, -0.15) is 0 Å². The van der Waals surface area contributed by atoms with E-state index in [1.54, 1.807) is 48.5 Å². The van der Waals surface area contributed by atoms with E-state index in [9.17, 15) is 24.8 Å². The first-order valence-electron chi connectivity index (χ1n) is 11.6. The molecule has 0 aliphatic carbocycles. The molecule has 1 N–H and O–H groups in total. The van der Waals surface area contributed by atoms with Crippen LogP contribution in [0.15, 0.2) is 78.4 Å². The van der Waals surface area contributed by atoms with Crippen LogP contribution in [0.25, 0.3) is 5.76 Å². The number of nitrogens with zero attached hydrogens (tertiary/aromatic N) is 2. The van der Waals surface area contributed by atoms with Crippen LogP contribution in [0.3, 0.4) is 0 Å². The molecule has 3 aromatic carbocycles. The molecule has 9 heteroatoms. The van der Waals surface area contributed by atoms with E-state index in [1.807, 2.05) is 13.8 Å². The Kier molecular flexibility index (Phi) is 7.24. The molecule has 37 heavy (non-hydrogen) atoms. The molecule has 0 saturated carbocycles. The Balaban J connectivity index is 1.83. The van der Waals surface area contributed by atoms with E-state index in [2.05, 4.69) is 0 Å². The number of benzene rings is 3. The number of Topliss-reactive ketones (excluding diaryl/α,β-unsaturated/α-hetero) is 1. The summed E-state index contributed by atoms with van der Waals surface area (Å²) in [6, 6.07) is 17.8.